The van der Waals surface area contributed by atoms with E-state index >= 15 is 0 Å². The van der Waals surface area contributed by atoms with E-state index in [0.29, 0.717) is 13.1 Å². The quantitative estimate of drug-likeness (QED) is 0.665. The highest BCUT2D eigenvalue weighted by molar-refractivity contribution is 5.69. The number of hydrogen-bond acceptors (Lipinski definition) is 3. The molecule has 1 heterocycles. The van der Waals surface area contributed by atoms with E-state index in [2.05, 4.69) is 64.6 Å². The lowest BCUT2D eigenvalue weighted by Gasteiger charge is -2.39. The minimum absolute atomic E-state index is 0.0683. The molecule has 4 heteroatoms. The molecule has 2 rings (SSSR count). The van der Waals surface area contributed by atoms with Crippen LogP contribution in [0.15, 0.2) is 18.2 Å². The van der Waals surface area contributed by atoms with Crippen LogP contribution in [-0.4, -0.2) is 42.8 Å². The summed E-state index contributed by atoms with van der Waals surface area (Å²) in [6.45, 7) is 22.4. The SMILES string of the molecule is CC(C)(C)OC(=O)N1CCN(c2ccc(C(C)(C)C)cc2C(C)(C)C)CC1. The zero-order valence-electron chi connectivity index (χ0n) is 18.8. The molecule has 0 aromatic heterocycles. The third-order valence-electron chi connectivity index (χ3n) is 4.94. The largest absolute Gasteiger partial charge is 0.444 e. The second kappa shape index (κ2) is 7.37. The monoisotopic (exact) mass is 374 g/mol. The van der Waals surface area contributed by atoms with Gasteiger partial charge in [-0.05, 0) is 48.8 Å². The molecule has 1 aromatic rings. The van der Waals surface area contributed by atoms with Crippen LogP contribution in [0.2, 0.25) is 0 Å². The van der Waals surface area contributed by atoms with Gasteiger partial charge in [-0.2, -0.15) is 0 Å². The third kappa shape index (κ3) is 5.63. The van der Waals surface area contributed by atoms with E-state index in [1.54, 1.807) is 0 Å². The van der Waals surface area contributed by atoms with Crippen LogP contribution >= 0.6 is 0 Å². The van der Waals surface area contributed by atoms with Gasteiger partial charge in [0.15, 0.2) is 0 Å². The Kier molecular flexibility index (Phi) is 5.89. The molecule has 1 aromatic carbocycles. The lowest BCUT2D eigenvalue weighted by atomic mass is 9.79. The molecule has 0 N–H and O–H groups in total. The summed E-state index contributed by atoms with van der Waals surface area (Å²) in [5.74, 6) is 0. The van der Waals surface area contributed by atoms with Crippen molar-refractivity contribution in [3.8, 4) is 0 Å². The van der Waals surface area contributed by atoms with E-state index in [0.717, 1.165) is 13.1 Å². The predicted octanol–water partition coefficient (Wildman–Crippen LogP) is 5.34. The number of benzene rings is 1. The van der Waals surface area contributed by atoms with Crippen LogP contribution in [0.25, 0.3) is 0 Å². The van der Waals surface area contributed by atoms with Crippen molar-refractivity contribution in [2.45, 2.75) is 78.7 Å². The molecule has 27 heavy (non-hydrogen) atoms. The summed E-state index contributed by atoms with van der Waals surface area (Å²) < 4.78 is 5.52. The van der Waals surface area contributed by atoms with Crippen LogP contribution in [0.3, 0.4) is 0 Å². The minimum Gasteiger partial charge on any atom is -0.444 e. The maximum absolute atomic E-state index is 12.3. The molecule has 1 amide bonds. The second-order valence-electron chi connectivity index (χ2n) is 10.7. The van der Waals surface area contributed by atoms with E-state index in [1.165, 1.54) is 16.8 Å². The molecule has 1 fully saturated rings. The Hall–Kier alpha value is -1.71. The fourth-order valence-corrected chi connectivity index (χ4v) is 3.34. The van der Waals surface area contributed by atoms with Gasteiger partial charge in [-0.25, -0.2) is 4.79 Å². The highest BCUT2D eigenvalue weighted by Gasteiger charge is 2.29. The first kappa shape index (κ1) is 21.6. The van der Waals surface area contributed by atoms with E-state index in [4.69, 9.17) is 4.74 Å². The number of hydrogen-bond donors (Lipinski definition) is 0. The van der Waals surface area contributed by atoms with Gasteiger partial charge in [-0.3, -0.25) is 0 Å². The van der Waals surface area contributed by atoms with E-state index in [-0.39, 0.29) is 16.9 Å². The molecular formula is C23H38N2O2. The Balaban J connectivity index is 2.19. The maximum atomic E-state index is 12.3. The van der Waals surface area contributed by atoms with Gasteiger partial charge in [0.1, 0.15) is 5.60 Å². The highest BCUT2D eigenvalue weighted by atomic mass is 16.6. The Bertz CT molecular complexity index is 667. The van der Waals surface area contributed by atoms with Gasteiger partial charge in [0, 0.05) is 31.9 Å². The first-order valence-corrected chi connectivity index (χ1v) is 10.1. The molecule has 0 bridgehead atoms. The summed E-state index contributed by atoms with van der Waals surface area (Å²) in [4.78, 5) is 16.6. The van der Waals surface area contributed by atoms with Gasteiger partial charge < -0.3 is 14.5 Å². The van der Waals surface area contributed by atoms with Crippen molar-refractivity contribution in [2.24, 2.45) is 0 Å². The Morgan fingerprint density at radius 3 is 1.85 bits per heavy atom. The molecule has 0 aliphatic carbocycles. The smallest absolute Gasteiger partial charge is 0.410 e. The number of nitrogens with zero attached hydrogens (tertiary/aromatic N) is 2. The van der Waals surface area contributed by atoms with Crippen molar-refractivity contribution in [3.05, 3.63) is 29.3 Å². The molecule has 1 aliphatic heterocycles. The number of rotatable bonds is 1. The van der Waals surface area contributed by atoms with Gasteiger partial charge in [-0.1, -0.05) is 53.7 Å². The number of carbonyl (C=O) groups excluding carboxylic acids is 1. The second-order valence-corrected chi connectivity index (χ2v) is 10.7. The van der Waals surface area contributed by atoms with E-state index < -0.39 is 5.60 Å². The van der Waals surface area contributed by atoms with E-state index in [1.807, 2.05) is 25.7 Å². The first-order valence-electron chi connectivity index (χ1n) is 10.1. The third-order valence-corrected chi connectivity index (χ3v) is 4.94. The molecule has 0 unspecified atom stereocenters. The van der Waals surface area contributed by atoms with Crippen LogP contribution in [0.4, 0.5) is 10.5 Å². The summed E-state index contributed by atoms with van der Waals surface area (Å²) in [7, 11) is 0. The highest BCUT2D eigenvalue weighted by Crippen LogP contribution is 2.36. The van der Waals surface area contributed by atoms with Gasteiger partial charge in [0.05, 0.1) is 0 Å². The van der Waals surface area contributed by atoms with Crippen LogP contribution in [0.1, 0.15) is 73.4 Å². The molecule has 4 nitrogen and oxygen atoms in total. The van der Waals surface area contributed by atoms with E-state index in [9.17, 15) is 4.79 Å². The normalized spacial score (nSPS) is 16.5. The maximum Gasteiger partial charge on any atom is 0.410 e. The van der Waals surface area contributed by atoms with Crippen LogP contribution < -0.4 is 4.90 Å². The molecule has 0 spiro atoms. The number of ether oxygens (including phenoxy) is 1. The summed E-state index contributed by atoms with van der Waals surface area (Å²) >= 11 is 0. The molecular weight excluding hydrogens is 336 g/mol. The van der Waals surface area contributed by atoms with Crippen molar-refractivity contribution in [3.63, 3.8) is 0 Å². The molecule has 0 radical (unpaired) electrons. The van der Waals surface area contributed by atoms with Gasteiger partial charge in [0.2, 0.25) is 0 Å². The average molecular weight is 375 g/mol. The predicted molar refractivity (Wildman–Crippen MR) is 114 cm³/mol. The lowest BCUT2D eigenvalue weighted by Crippen LogP contribution is -2.50. The topological polar surface area (TPSA) is 32.8 Å². The van der Waals surface area contributed by atoms with Crippen molar-refractivity contribution in [2.75, 3.05) is 31.1 Å². The number of amides is 1. The van der Waals surface area contributed by atoms with Crippen LogP contribution in [0, 0.1) is 0 Å². The fourth-order valence-electron chi connectivity index (χ4n) is 3.34. The zero-order chi connectivity index (χ0) is 20.6. The van der Waals surface area contributed by atoms with Crippen molar-refractivity contribution >= 4 is 11.8 Å². The van der Waals surface area contributed by atoms with Crippen molar-refractivity contribution in [1.82, 2.24) is 4.90 Å². The fraction of sp³-hybridized carbons (Fsp3) is 0.696. The summed E-state index contributed by atoms with van der Waals surface area (Å²) in [5.41, 5.74) is 3.78. The summed E-state index contributed by atoms with van der Waals surface area (Å²) in [5, 5.41) is 0. The Morgan fingerprint density at radius 1 is 0.852 bits per heavy atom. The van der Waals surface area contributed by atoms with Crippen LogP contribution in [0.5, 0.6) is 0 Å². The van der Waals surface area contributed by atoms with Crippen molar-refractivity contribution in [1.29, 1.82) is 0 Å². The average Bonchev–Trinajstić information content (AvgIpc) is 2.51. The molecule has 0 saturated carbocycles. The van der Waals surface area contributed by atoms with Gasteiger partial charge in [0.25, 0.3) is 0 Å². The number of anilines is 1. The number of piperazine rings is 1. The van der Waals surface area contributed by atoms with Gasteiger partial charge >= 0.3 is 6.09 Å². The summed E-state index contributed by atoms with van der Waals surface area (Å²) in [6, 6.07) is 6.89. The lowest BCUT2D eigenvalue weighted by molar-refractivity contribution is 0.0240. The van der Waals surface area contributed by atoms with Crippen LogP contribution in [-0.2, 0) is 15.6 Å². The minimum atomic E-state index is -0.448. The molecule has 1 aliphatic rings. The standard InChI is InChI=1S/C23H38N2O2/c1-21(2,3)17-10-11-19(18(16-17)22(4,5)6)24-12-14-25(15-13-24)20(26)27-23(7,8)9/h10-11,16H,12-15H2,1-9H3. The molecule has 152 valence electrons. The first-order chi connectivity index (χ1) is 12.2. The molecule has 1 saturated heterocycles. The summed E-state index contributed by atoms with van der Waals surface area (Å²) in [6.07, 6.45) is -0.207. The Labute approximate surface area is 165 Å². The van der Waals surface area contributed by atoms with Gasteiger partial charge in [-0.15, -0.1) is 0 Å². The Morgan fingerprint density at radius 2 is 1.41 bits per heavy atom. The zero-order valence-corrected chi connectivity index (χ0v) is 18.8. The van der Waals surface area contributed by atoms with Crippen molar-refractivity contribution < 1.29 is 9.53 Å². The molecule has 0 atom stereocenters. The number of carbonyl (C=O) groups is 1.